The van der Waals surface area contributed by atoms with Crippen molar-refractivity contribution < 1.29 is 0 Å². The quantitative estimate of drug-likeness (QED) is 0.440. The molecule has 0 amide bonds. The molecule has 0 saturated heterocycles. The van der Waals surface area contributed by atoms with Crippen LogP contribution in [0.2, 0.25) is 0 Å². The summed E-state index contributed by atoms with van der Waals surface area (Å²) in [6.07, 6.45) is 1.64. The van der Waals surface area contributed by atoms with Crippen LogP contribution in [-0.2, 0) is 0 Å². The second-order valence-corrected chi connectivity index (χ2v) is 8.07. The van der Waals surface area contributed by atoms with Crippen molar-refractivity contribution in [2.24, 2.45) is 0 Å². The first-order chi connectivity index (χ1) is 15.1. The fourth-order valence-corrected chi connectivity index (χ4v) is 4.24. The summed E-state index contributed by atoms with van der Waals surface area (Å²) in [5.41, 5.74) is 5.88. The Morgan fingerprint density at radius 2 is 1.71 bits per heavy atom. The molecule has 1 aromatic heterocycles. The predicted octanol–water partition coefficient (Wildman–Crippen LogP) is 4.53. The number of anilines is 4. The molecule has 4 rings (SSSR count). The van der Waals surface area contributed by atoms with Crippen molar-refractivity contribution in [3.8, 4) is 0 Å². The van der Waals surface area contributed by atoms with E-state index in [1.54, 1.807) is 6.33 Å². The van der Waals surface area contributed by atoms with Crippen LogP contribution in [0.15, 0.2) is 54.9 Å². The summed E-state index contributed by atoms with van der Waals surface area (Å²) >= 11 is 0. The van der Waals surface area contributed by atoms with Crippen molar-refractivity contribution in [2.75, 3.05) is 55.8 Å². The van der Waals surface area contributed by atoms with Crippen LogP contribution >= 0.6 is 0 Å². The molecule has 0 spiro atoms. The molecule has 2 N–H and O–H groups in total. The largest absolute Gasteiger partial charge is 0.378 e. The van der Waals surface area contributed by atoms with Crippen molar-refractivity contribution in [2.45, 2.75) is 19.8 Å². The topological polar surface area (TPSA) is 56.3 Å². The summed E-state index contributed by atoms with van der Waals surface area (Å²) in [6, 6.07) is 17.3. The van der Waals surface area contributed by atoms with Gasteiger partial charge in [0, 0.05) is 50.0 Å². The summed E-state index contributed by atoms with van der Waals surface area (Å²) in [5, 5.41) is 7.11. The first-order valence-electron chi connectivity index (χ1n) is 11.1. The van der Waals surface area contributed by atoms with Gasteiger partial charge in [0.05, 0.1) is 0 Å². The predicted molar refractivity (Wildman–Crippen MR) is 130 cm³/mol. The van der Waals surface area contributed by atoms with Gasteiger partial charge in [-0.15, -0.1) is 0 Å². The van der Waals surface area contributed by atoms with Gasteiger partial charge < -0.3 is 20.4 Å². The van der Waals surface area contributed by atoms with Crippen molar-refractivity contribution >= 4 is 23.0 Å². The van der Waals surface area contributed by atoms with E-state index in [-0.39, 0.29) is 5.92 Å². The molecule has 1 aliphatic heterocycles. The lowest BCUT2D eigenvalue weighted by atomic mass is 9.82. The number of aromatic nitrogens is 2. The van der Waals surface area contributed by atoms with E-state index in [9.17, 15) is 0 Å². The molecule has 0 bridgehead atoms. The average molecular weight is 417 g/mol. The van der Waals surface area contributed by atoms with Crippen LogP contribution in [-0.4, -0.2) is 55.1 Å². The van der Waals surface area contributed by atoms with Gasteiger partial charge in [0.2, 0.25) is 0 Å². The molecule has 6 nitrogen and oxygen atoms in total. The standard InChI is InChI=1S/C25H32N6/c1-5-31(6-2)16-15-26-24-23-22(18-11-13-19(14-12-18)30(3)4)20-9-7-8-10-21(20)29-25(23)28-17-27-24/h7-14,17,22H,5-6,15-16H2,1-4H3,(H2,26,27,28,29). The van der Waals surface area contributed by atoms with Crippen molar-refractivity contribution in [1.82, 2.24) is 14.9 Å². The third-order valence-corrected chi connectivity index (χ3v) is 6.06. The maximum absolute atomic E-state index is 4.65. The molecule has 2 heterocycles. The summed E-state index contributed by atoms with van der Waals surface area (Å²) in [6.45, 7) is 8.33. The van der Waals surface area contributed by atoms with Gasteiger partial charge in [0.1, 0.15) is 18.0 Å². The number of hydrogen-bond donors (Lipinski definition) is 2. The molecule has 0 fully saturated rings. The number of nitrogens with one attached hydrogen (secondary N) is 2. The second-order valence-electron chi connectivity index (χ2n) is 8.07. The van der Waals surface area contributed by atoms with Crippen LogP contribution in [0.3, 0.4) is 0 Å². The lowest BCUT2D eigenvalue weighted by Gasteiger charge is -2.31. The Morgan fingerprint density at radius 1 is 0.968 bits per heavy atom. The van der Waals surface area contributed by atoms with Gasteiger partial charge in [-0.2, -0.15) is 0 Å². The van der Waals surface area contributed by atoms with E-state index in [2.05, 4.69) is 107 Å². The van der Waals surface area contributed by atoms with Gasteiger partial charge in [-0.05, 0) is 42.4 Å². The minimum Gasteiger partial charge on any atom is -0.378 e. The van der Waals surface area contributed by atoms with E-state index in [0.717, 1.165) is 49.1 Å². The van der Waals surface area contributed by atoms with Crippen molar-refractivity contribution in [1.29, 1.82) is 0 Å². The number of fused-ring (bicyclic) bond motifs is 2. The van der Waals surface area contributed by atoms with E-state index in [1.165, 1.54) is 16.8 Å². The zero-order valence-electron chi connectivity index (χ0n) is 18.9. The second kappa shape index (κ2) is 9.35. The van der Waals surface area contributed by atoms with Gasteiger partial charge in [-0.1, -0.05) is 44.2 Å². The number of nitrogens with zero attached hydrogens (tertiary/aromatic N) is 4. The Balaban J connectivity index is 1.73. The third-order valence-electron chi connectivity index (χ3n) is 6.06. The zero-order chi connectivity index (χ0) is 21.8. The Hall–Kier alpha value is -3.12. The molecule has 31 heavy (non-hydrogen) atoms. The first kappa shape index (κ1) is 21.1. The van der Waals surface area contributed by atoms with E-state index in [0.29, 0.717) is 0 Å². The van der Waals surface area contributed by atoms with Gasteiger partial charge in [-0.3, -0.25) is 0 Å². The molecule has 162 valence electrons. The van der Waals surface area contributed by atoms with Gasteiger partial charge in [0.25, 0.3) is 0 Å². The number of hydrogen-bond acceptors (Lipinski definition) is 6. The molecule has 6 heteroatoms. The van der Waals surface area contributed by atoms with Gasteiger partial charge in [-0.25, -0.2) is 9.97 Å². The minimum atomic E-state index is 0.0702. The van der Waals surface area contributed by atoms with Crippen LogP contribution in [0.5, 0.6) is 0 Å². The summed E-state index contributed by atoms with van der Waals surface area (Å²) < 4.78 is 0. The molecule has 1 atom stereocenters. The minimum absolute atomic E-state index is 0.0702. The average Bonchev–Trinajstić information content (AvgIpc) is 2.80. The van der Waals surface area contributed by atoms with E-state index < -0.39 is 0 Å². The fourth-order valence-electron chi connectivity index (χ4n) is 4.24. The van der Waals surface area contributed by atoms with E-state index >= 15 is 0 Å². The Kier molecular flexibility index (Phi) is 6.37. The number of rotatable bonds is 8. The van der Waals surface area contributed by atoms with Crippen LogP contribution in [0, 0.1) is 0 Å². The van der Waals surface area contributed by atoms with Gasteiger partial charge in [0.15, 0.2) is 0 Å². The molecular weight excluding hydrogens is 384 g/mol. The lowest BCUT2D eigenvalue weighted by molar-refractivity contribution is 0.316. The number of benzene rings is 2. The fraction of sp³-hybridized carbons (Fsp3) is 0.360. The van der Waals surface area contributed by atoms with Crippen LogP contribution in [0.25, 0.3) is 0 Å². The van der Waals surface area contributed by atoms with Crippen molar-refractivity contribution in [3.05, 3.63) is 71.5 Å². The molecular formula is C25H32N6. The number of likely N-dealkylation sites (N-methyl/N-ethyl adjacent to an activating group) is 1. The zero-order valence-corrected chi connectivity index (χ0v) is 18.9. The highest BCUT2D eigenvalue weighted by atomic mass is 15.1. The van der Waals surface area contributed by atoms with Crippen LogP contribution in [0.1, 0.15) is 36.5 Å². The maximum atomic E-state index is 4.65. The molecule has 0 radical (unpaired) electrons. The Morgan fingerprint density at radius 3 is 2.42 bits per heavy atom. The monoisotopic (exact) mass is 416 g/mol. The molecule has 1 unspecified atom stereocenters. The molecule has 2 aromatic carbocycles. The normalized spacial score (nSPS) is 14.5. The number of para-hydroxylation sites is 1. The van der Waals surface area contributed by atoms with Crippen LogP contribution < -0.4 is 15.5 Å². The Labute approximate surface area is 185 Å². The maximum Gasteiger partial charge on any atom is 0.140 e. The molecule has 0 aliphatic carbocycles. The SMILES string of the molecule is CCN(CC)CCNc1ncnc2c1C(c1ccc(N(C)C)cc1)c1ccccc1N2. The summed E-state index contributed by atoms with van der Waals surface area (Å²) in [7, 11) is 4.13. The van der Waals surface area contributed by atoms with E-state index in [4.69, 9.17) is 0 Å². The van der Waals surface area contributed by atoms with Crippen LogP contribution in [0.4, 0.5) is 23.0 Å². The third kappa shape index (κ3) is 4.35. The highest BCUT2D eigenvalue weighted by Gasteiger charge is 2.31. The molecule has 0 saturated carbocycles. The summed E-state index contributed by atoms with van der Waals surface area (Å²) in [4.78, 5) is 13.8. The van der Waals surface area contributed by atoms with E-state index in [1.807, 2.05) is 0 Å². The highest BCUT2D eigenvalue weighted by Crippen LogP contribution is 2.46. The van der Waals surface area contributed by atoms with Gasteiger partial charge >= 0.3 is 0 Å². The molecule has 1 aliphatic rings. The smallest absolute Gasteiger partial charge is 0.140 e. The molecule has 3 aromatic rings. The highest BCUT2D eigenvalue weighted by molar-refractivity contribution is 5.77. The lowest BCUT2D eigenvalue weighted by Crippen LogP contribution is -2.29. The summed E-state index contributed by atoms with van der Waals surface area (Å²) in [5.74, 6) is 1.85. The van der Waals surface area contributed by atoms with Crippen molar-refractivity contribution in [3.63, 3.8) is 0 Å². The first-order valence-corrected chi connectivity index (χ1v) is 11.1. The Bertz CT molecular complexity index is 1010.